The summed E-state index contributed by atoms with van der Waals surface area (Å²) in [4.78, 5) is 0. The van der Waals surface area contributed by atoms with Crippen molar-refractivity contribution in [2.45, 2.75) is 33.2 Å². The maximum atomic E-state index is 13.5. The molecule has 0 fully saturated rings. The number of hydrogen-bond acceptors (Lipinski definition) is 3. The van der Waals surface area contributed by atoms with Crippen LogP contribution in [0.15, 0.2) is 12.1 Å². The Morgan fingerprint density at radius 2 is 1.94 bits per heavy atom. The van der Waals surface area contributed by atoms with Crippen LogP contribution in [0.25, 0.3) is 0 Å². The average Bonchev–Trinajstić information content (AvgIpc) is 2.28. The van der Waals surface area contributed by atoms with Crippen molar-refractivity contribution in [3.8, 4) is 6.07 Å². The monoisotopic (exact) mass is 249 g/mol. The van der Waals surface area contributed by atoms with Crippen LogP contribution in [0, 0.1) is 24.1 Å². The van der Waals surface area contributed by atoms with E-state index < -0.39 is 0 Å². The van der Waals surface area contributed by atoms with E-state index in [0.717, 1.165) is 6.54 Å². The predicted molar refractivity (Wildman–Crippen MR) is 72.1 cm³/mol. The molecule has 0 aliphatic heterocycles. The van der Waals surface area contributed by atoms with Gasteiger partial charge in [-0.3, -0.25) is 0 Å². The number of nitriles is 1. The van der Waals surface area contributed by atoms with E-state index in [1.807, 2.05) is 6.07 Å². The highest BCUT2D eigenvalue weighted by Gasteiger charge is 2.09. The number of anilines is 1. The summed E-state index contributed by atoms with van der Waals surface area (Å²) in [5, 5.41) is 15.3. The molecule has 18 heavy (non-hydrogen) atoms. The lowest BCUT2D eigenvalue weighted by Gasteiger charge is -2.21. The summed E-state index contributed by atoms with van der Waals surface area (Å²) in [5.41, 5.74) is 1.63. The minimum absolute atomic E-state index is 0.0659. The molecule has 0 aliphatic carbocycles. The molecule has 0 bridgehead atoms. The van der Waals surface area contributed by atoms with E-state index in [-0.39, 0.29) is 11.4 Å². The fraction of sp³-hybridized carbons (Fsp3) is 0.500. The molecule has 0 amide bonds. The van der Waals surface area contributed by atoms with E-state index in [1.165, 1.54) is 6.07 Å². The maximum absolute atomic E-state index is 13.5. The first kappa shape index (κ1) is 14.5. The van der Waals surface area contributed by atoms with Crippen molar-refractivity contribution in [2.24, 2.45) is 0 Å². The summed E-state index contributed by atoms with van der Waals surface area (Å²) in [6.07, 6.45) is 0. The zero-order valence-electron chi connectivity index (χ0n) is 11.4. The van der Waals surface area contributed by atoms with E-state index in [2.05, 4.69) is 31.4 Å². The van der Waals surface area contributed by atoms with Gasteiger partial charge in [0.25, 0.3) is 0 Å². The van der Waals surface area contributed by atoms with Gasteiger partial charge in [0, 0.05) is 29.9 Å². The van der Waals surface area contributed by atoms with E-state index in [1.54, 1.807) is 13.0 Å². The van der Waals surface area contributed by atoms with Crippen molar-refractivity contribution in [3.05, 3.63) is 29.1 Å². The molecule has 0 aliphatic rings. The first-order chi connectivity index (χ1) is 8.33. The Morgan fingerprint density at radius 3 is 2.50 bits per heavy atom. The van der Waals surface area contributed by atoms with Gasteiger partial charge < -0.3 is 10.6 Å². The summed E-state index contributed by atoms with van der Waals surface area (Å²) in [6, 6.07) is 4.89. The Morgan fingerprint density at radius 1 is 1.28 bits per heavy atom. The van der Waals surface area contributed by atoms with Gasteiger partial charge in [-0.1, -0.05) is 0 Å². The van der Waals surface area contributed by atoms with Crippen LogP contribution >= 0.6 is 0 Å². The lowest BCUT2D eigenvalue weighted by atomic mass is 10.1. The van der Waals surface area contributed by atoms with Crippen LogP contribution in [0.4, 0.5) is 10.1 Å². The fourth-order valence-electron chi connectivity index (χ4n) is 1.56. The SMILES string of the molecule is Cc1c(F)cc(C#N)cc1NCCNC(C)(C)C. The molecule has 98 valence electrons. The standard InChI is InChI=1S/C14H20FN3/c1-10-12(15)7-11(9-16)8-13(10)17-5-6-18-14(2,3)4/h7-8,17-18H,5-6H2,1-4H3. The van der Waals surface area contributed by atoms with Gasteiger partial charge in [-0.15, -0.1) is 0 Å². The molecule has 0 saturated carbocycles. The van der Waals surface area contributed by atoms with Crippen LogP contribution < -0.4 is 10.6 Å². The van der Waals surface area contributed by atoms with Crippen molar-refractivity contribution < 1.29 is 4.39 Å². The van der Waals surface area contributed by atoms with Crippen LogP contribution in [0.3, 0.4) is 0 Å². The Balaban J connectivity index is 2.63. The third kappa shape index (κ3) is 4.34. The van der Waals surface area contributed by atoms with Crippen molar-refractivity contribution >= 4 is 5.69 Å². The third-order valence-electron chi connectivity index (χ3n) is 2.57. The fourth-order valence-corrected chi connectivity index (χ4v) is 1.56. The zero-order chi connectivity index (χ0) is 13.8. The Bertz CT molecular complexity index is 455. The molecule has 0 radical (unpaired) electrons. The zero-order valence-corrected chi connectivity index (χ0v) is 11.4. The third-order valence-corrected chi connectivity index (χ3v) is 2.57. The Kier molecular flexibility index (Phi) is 4.69. The highest BCUT2D eigenvalue weighted by atomic mass is 19.1. The lowest BCUT2D eigenvalue weighted by Crippen LogP contribution is -2.38. The van der Waals surface area contributed by atoms with Gasteiger partial charge in [-0.2, -0.15) is 5.26 Å². The van der Waals surface area contributed by atoms with Crippen LogP contribution in [-0.4, -0.2) is 18.6 Å². The number of benzene rings is 1. The number of rotatable bonds is 4. The number of hydrogen-bond donors (Lipinski definition) is 2. The van der Waals surface area contributed by atoms with Crippen LogP contribution in [0.5, 0.6) is 0 Å². The number of halogens is 1. The van der Waals surface area contributed by atoms with Gasteiger partial charge >= 0.3 is 0 Å². The molecule has 1 aromatic carbocycles. The smallest absolute Gasteiger partial charge is 0.129 e. The molecule has 0 saturated heterocycles. The normalized spacial score (nSPS) is 11.1. The maximum Gasteiger partial charge on any atom is 0.129 e. The molecule has 4 heteroatoms. The highest BCUT2D eigenvalue weighted by molar-refractivity contribution is 5.55. The molecular formula is C14H20FN3. The minimum atomic E-state index is -0.347. The average molecular weight is 249 g/mol. The van der Waals surface area contributed by atoms with Crippen LogP contribution in [0.2, 0.25) is 0 Å². The van der Waals surface area contributed by atoms with Crippen molar-refractivity contribution in [3.63, 3.8) is 0 Å². The van der Waals surface area contributed by atoms with E-state index >= 15 is 0 Å². The van der Waals surface area contributed by atoms with Gasteiger partial charge in [-0.25, -0.2) is 4.39 Å². The van der Waals surface area contributed by atoms with Gasteiger partial charge in [0.05, 0.1) is 11.6 Å². The van der Waals surface area contributed by atoms with Crippen LogP contribution in [-0.2, 0) is 0 Å². The van der Waals surface area contributed by atoms with Crippen LogP contribution in [0.1, 0.15) is 31.9 Å². The summed E-state index contributed by atoms with van der Waals surface area (Å²) >= 11 is 0. The Labute approximate surface area is 108 Å². The molecular weight excluding hydrogens is 229 g/mol. The van der Waals surface area contributed by atoms with Gasteiger partial charge in [-0.05, 0) is 39.8 Å². The second-order valence-corrected chi connectivity index (χ2v) is 5.35. The quantitative estimate of drug-likeness (QED) is 0.807. The molecule has 0 heterocycles. The second-order valence-electron chi connectivity index (χ2n) is 5.35. The molecule has 3 nitrogen and oxygen atoms in total. The second kappa shape index (κ2) is 5.83. The molecule has 0 atom stereocenters. The van der Waals surface area contributed by atoms with Gasteiger partial charge in [0.15, 0.2) is 0 Å². The van der Waals surface area contributed by atoms with Gasteiger partial charge in [0.1, 0.15) is 5.82 Å². The summed E-state index contributed by atoms with van der Waals surface area (Å²) in [5.74, 6) is -0.347. The first-order valence-electron chi connectivity index (χ1n) is 6.02. The molecule has 2 N–H and O–H groups in total. The number of nitrogens with one attached hydrogen (secondary N) is 2. The lowest BCUT2D eigenvalue weighted by molar-refractivity contribution is 0.435. The van der Waals surface area contributed by atoms with Gasteiger partial charge in [0.2, 0.25) is 0 Å². The minimum Gasteiger partial charge on any atom is -0.383 e. The highest BCUT2D eigenvalue weighted by Crippen LogP contribution is 2.20. The van der Waals surface area contributed by atoms with Crippen molar-refractivity contribution in [1.29, 1.82) is 5.26 Å². The van der Waals surface area contributed by atoms with Crippen molar-refractivity contribution in [1.82, 2.24) is 5.32 Å². The topological polar surface area (TPSA) is 47.9 Å². The summed E-state index contributed by atoms with van der Waals surface area (Å²) in [7, 11) is 0. The molecule has 0 unspecified atom stereocenters. The van der Waals surface area contributed by atoms with Crippen molar-refractivity contribution in [2.75, 3.05) is 18.4 Å². The largest absolute Gasteiger partial charge is 0.383 e. The first-order valence-corrected chi connectivity index (χ1v) is 6.02. The molecule has 0 aromatic heterocycles. The summed E-state index contributed by atoms with van der Waals surface area (Å²) < 4.78 is 13.5. The molecule has 0 spiro atoms. The molecule has 1 aromatic rings. The number of nitrogens with zero attached hydrogens (tertiary/aromatic N) is 1. The molecule has 1 rings (SSSR count). The summed E-state index contributed by atoms with van der Waals surface area (Å²) in [6.45, 7) is 9.44. The predicted octanol–water partition coefficient (Wildman–Crippen LogP) is 2.81. The van der Waals surface area contributed by atoms with E-state index in [4.69, 9.17) is 5.26 Å². The Hall–Kier alpha value is -1.60. The van der Waals surface area contributed by atoms with E-state index in [9.17, 15) is 4.39 Å². The van der Waals surface area contributed by atoms with E-state index in [0.29, 0.717) is 23.4 Å².